The Morgan fingerprint density at radius 3 is 2.04 bits per heavy atom. The van der Waals surface area contributed by atoms with Crippen LogP contribution in [0, 0.1) is 0 Å². The zero-order chi connectivity index (χ0) is 18.5. The molecule has 1 atom stereocenters. The molecule has 0 bridgehead atoms. The average molecular weight is 370 g/mol. The molecule has 0 saturated heterocycles. The summed E-state index contributed by atoms with van der Waals surface area (Å²) in [5, 5.41) is -2.11. The van der Waals surface area contributed by atoms with Crippen molar-refractivity contribution in [3.63, 3.8) is 0 Å². The lowest BCUT2D eigenvalue weighted by molar-refractivity contribution is -0.140. The molecule has 0 spiro atoms. The lowest BCUT2D eigenvalue weighted by Gasteiger charge is -2.16. The summed E-state index contributed by atoms with van der Waals surface area (Å²) in [7, 11) is -3.83. The third-order valence-electron chi connectivity index (χ3n) is 2.89. The second-order valence-corrected chi connectivity index (χ2v) is 6.86. The van der Waals surface area contributed by atoms with Gasteiger partial charge in [-0.15, -0.1) is 0 Å². The second kappa shape index (κ2) is 8.02. The minimum atomic E-state index is -4.77. The number of rotatable bonds is 7. The molecule has 136 valence electrons. The van der Waals surface area contributed by atoms with Crippen molar-refractivity contribution in [2.24, 2.45) is 0 Å². The minimum Gasteiger partial charge on any atom is -0.468 e. The molecule has 0 radical (unpaired) electrons. The molecule has 0 aromatic rings. The molecular formula is C12H16F6O4S. The Hall–Kier alpha value is -1.26. The number of ether oxygens (including phenoxy) is 1. The Labute approximate surface area is 129 Å². The predicted octanol–water partition coefficient (Wildman–Crippen LogP) is 3.18. The highest BCUT2D eigenvalue weighted by atomic mass is 32.2. The number of methoxy groups -OCH3 is 1. The minimum absolute atomic E-state index is 0.472. The van der Waals surface area contributed by atoms with Gasteiger partial charge in [0.2, 0.25) is 0 Å². The maximum Gasteiger partial charge on any atom is 0.412 e. The van der Waals surface area contributed by atoms with E-state index < -0.39 is 64.0 Å². The van der Waals surface area contributed by atoms with Gasteiger partial charge < -0.3 is 4.74 Å². The van der Waals surface area contributed by atoms with Crippen LogP contribution in [0.5, 0.6) is 0 Å². The number of carbonyl (C=O) groups excluding carboxylic acids is 1. The largest absolute Gasteiger partial charge is 0.468 e. The van der Waals surface area contributed by atoms with Crippen molar-refractivity contribution in [2.45, 2.75) is 43.8 Å². The van der Waals surface area contributed by atoms with Gasteiger partial charge in [0.15, 0.2) is 15.1 Å². The van der Waals surface area contributed by atoms with Gasteiger partial charge in [-0.25, -0.2) is 8.42 Å². The van der Waals surface area contributed by atoms with E-state index >= 15 is 0 Å². The summed E-state index contributed by atoms with van der Waals surface area (Å²) in [4.78, 5) is 11.4. The van der Waals surface area contributed by atoms with Gasteiger partial charge in [0.05, 0.1) is 19.3 Å². The first kappa shape index (κ1) is 21.7. The number of allylic oxidation sites excluding steroid dienone is 2. The van der Waals surface area contributed by atoms with Crippen molar-refractivity contribution in [3.8, 4) is 0 Å². The molecule has 0 rings (SSSR count). The van der Waals surface area contributed by atoms with Crippen LogP contribution in [0.2, 0.25) is 0 Å². The molecule has 23 heavy (non-hydrogen) atoms. The Kier molecular flexibility index (Phi) is 7.58. The van der Waals surface area contributed by atoms with Crippen molar-refractivity contribution in [2.75, 3.05) is 12.9 Å². The van der Waals surface area contributed by atoms with E-state index in [4.69, 9.17) is 0 Å². The molecule has 1 unspecified atom stereocenters. The van der Waals surface area contributed by atoms with Crippen LogP contribution < -0.4 is 0 Å². The van der Waals surface area contributed by atoms with Crippen LogP contribution >= 0.6 is 0 Å². The summed E-state index contributed by atoms with van der Waals surface area (Å²) in [5.74, 6) is -2.81. The van der Waals surface area contributed by atoms with Crippen LogP contribution in [0.25, 0.3) is 0 Å². The van der Waals surface area contributed by atoms with Gasteiger partial charge >= 0.3 is 18.3 Å². The first-order valence-electron chi connectivity index (χ1n) is 6.37. The van der Waals surface area contributed by atoms with E-state index in [1.807, 2.05) is 0 Å². The molecular weight excluding hydrogens is 354 g/mol. The van der Waals surface area contributed by atoms with Gasteiger partial charge in [0.1, 0.15) is 0 Å². The maximum absolute atomic E-state index is 12.6. The highest BCUT2D eigenvalue weighted by molar-refractivity contribution is 7.92. The first-order valence-corrected chi connectivity index (χ1v) is 8.08. The van der Waals surface area contributed by atoms with Crippen molar-refractivity contribution in [3.05, 3.63) is 11.6 Å². The quantitative estimate of drug-likeness (QED) is 0.392. The van der Waals surface area contributed by atoms with E-state index in [1.54, 1.807) is 0 Å². The van der Waals surface area contributed by atoms with Crippen LogP contribution in [0.4, 0.5) is 26.3 Å². The fraction of sp³-hybridized carbons (Fsp3) is 0.750. The van der Waals surface area contributed by atoms with Crippen molar-refractivity contribution in [1.82, 2.24) is 0 Å². The highest BCUT2D eigenvalue weighted by Gasteiger charge is 2.38. The number of halogens is 6. The predicted molar refractivity (Wildman–Crippen MR) is 69.3 cm³/mol. The fourth-order valence-electron chi connectivity index (χ4n) is 1.63. The molecule has 0 saturated carbocycles. The van der Waals surface area contributed by atoms with Crippen LogP contribution in [0.1, 0.15) is 26.2 Å². The first-order chi connectivity index (χ1) is 10.2. The van der Waals surface area contributed by atoms with E-state index in [9.17, 15) is 39.6 Å². The summed E-state index contributed by atoms with van der Waals surface area (Å²) >= 11 is 0. The molecule has 0 aliphatic carbocycles. The Balaban J connectivity index is 5.39. The van der Waals surface area contributed by atoms with E-state index in [1.165, 1.54) is 6.92 Å². The third-order valence-corrected chi connectivity index (χ3v) is 4.92. The molecule has 0 heterocycles. The Bertz CT molecular complexity index is 533. The monoisotopic (exact) mass is 370 g/mol. The van der Waals surface area contributed by atoms with Crippen molar-refractivity contribution in [1.29, 1.82) is 0 Å². The van der Waals surface area contributed by atoms with E-state index in [0.717, 1.165) is 7.11 Å². The molecule has 0 aromatic heterocycles. The van der Waals surface area contributed by atoms with Gasteiger partial charge in [-0.2, -0.15) is 26.3 Å². The Morgan fingerprint density at radius 2 is 1.70 bits per heavy atom. The van der Waals surface area contributed by atoms with Crippen LogP contribution in [0.3, 0.4) is 0 Å². The van der Waals surface area contributed by atoms with Gasteiger partial charge in [-0.1, -0.05) is 13.0 Å². The van der Waals surface area contributed by atoms with E-state index in [-0.39, 0.29) is 0 Å². The van der Waals surface area contributed by atoms with Crippen LogP contribution in [-0.4, -0.2) is 44.9 Å². The number of esters is 1. The van der Waals surface area contributed by atoms with Crippen molar-refractivity contribution < 1.29 is 44.3 Å². The number of hydrogen-bond donors (Lipinski definition) is 0. The number of carbonyl (C=O) groups is 1. The molecule has 0 aliphatic heterocycles. The maximum atomic E-state index is 12.6. The lowest BCUT2D eigenvalue weighted by atomic mass is 10.1. The van der Waals surface area contributed by atoms with Crippen molar-refractivity contribution >= 4 is 15.8 Å². The zero-order valence-corrected chi connectivity index (χ0v) is 13.1. The van der Waals surface area contributed by atoms with Crippen LogP contribution in [-0.2, 0) is 19.4 Å². The van der Waals surface area contributed by atoms with E-state index in [2.05, 4.69) is 4.74 Å². The molecule has 0 amide bonds. The molecule has 4 nitrogen and oxygen atoms in total. The molecule has 11 heteroatoms. The third kappa shape index (κ3) is 7.71. The number of sulfone groups is 1. The highest BCUT2D eigenvalue weighted by Crippen LogP contribution is 2.29. The number of alkyl halides is 6. The standard InChI is InChI=1S/C12H16F6O4S/c1-3-8(12(16,17)18)4-5-9(10(19)22-2)23(20,21)7-6-11(13,14)15/h4,9H,3,5-7H2,1-2H3. The summed E-state index contributed by atoms with van der Waals surface area (Å²) in [6, 6.07) is 0. The molecule has 0 fully saturated rings. The molecule has 0 N–H and O–H groups in total. The molecule has 0 aromatic carbocycles. The van der Waals surface area contributed by atoms with E-state index in [0.29, 0.717) is 6.08 Å². The summed E-state index contributed by atoms with van der Waals surface area (Å²) in [6.07, 6.45) is -12.1. The topological polar surface area (TPSA) is 60.4 Å². The SMILES string of the molecule is CCC(=CCC(C(=O)OC)S(=O)(=O)CCC(F)(F)F)C(F)(F)F. The Morgan fingerprint density at radius 1 is 1.17 bits per heavy atom. The normalized spacial score (nSPS) is 15.4. The summed E-state index contributed by atoms with van der Waals surface area (Å²) < 4.78 is 102. The molecule has 0 aliphatic rings. The zero-order valence-electron chi connectivity index (χ0n) is 12.3. The second-order valence-electron chi connectivity index (χ2n) is 4.56. The summed E-state index contributed by atoms with van der Waals surface area (Å²) in [5.41, 5.74) is -1.07. The van der Waals surface area contributed by atoms with Crippen LogP contribution in [0.15, 0.2) is 11.6 Å². The van der Waals surface area contributed by atoms with Gasteiger partial charge in [-0.3, -0.25) is 4.79 Å². The van der Waals surface area contributed by atoms with Gasteiger partial charge in [0.25, 0.3) is 0 Å². The smallest absolute Gasteiger partial charge is 0.412 e. The average Bonchev–Trinajstić information content (AvgIpc) is 2.38. The summed E-state index contributed by atoms with van der Waals surface area (Å²) in [6.45, 7) is 1.17. The van der Waals surface area contributed by atoms with Gasteiger partial charge in [-0.05, 0) is 12.8 Å². The fourth-order valence-corrected chi connectivity index (χ4v) is 3.21. The van der Waals surface area contributed by atoms with Gasteiger partial charge in [0, 0.05) is 5.57 Å². The lowest BCUT2D eigenvalue weighted by Crippen LogP contribution is -2.34. The number of hydrogen-bond acceptors (Lipinski definition) is 4.